The summed E-state index contributed by atoms with van der Waals surface area (Å²) in [7, 11) is 2.09. The van der Waals surface area contributed by atoms with E-state index in [0.29, 0.717) is 6.61 Å². The van der Waals surface area contributed by atoms with Crippen molar-refractivity contribution in [1.29, 1.82) is 0 Å². The molecule has 36 heavy (non-hydrogen) atoms. The van der Waals surface area contributed by atoms with Crippen LogP contribution >= 0.6 is 0 Å². The number of benzene rings is 1. The number of rotatable bonds is 5. The molecule has 1 unspecified atom stereocenters. The third-order valence-corrected chi connectivity index (χ3v) is 6.50. The molecule has 4 heterocycles. The number of aliphatic hydroxyl groups is 1. The first-order valence-electron chi connectivity index (χ1n) is 12.0. The molecule has 1 aromatic carbocycles. The zero-order valence-corrected chi connectivity index (χ0v) is 20.7. The second kappa shape index (κ2) is 11.1. The molecular weight excluding hydrogens is 458 g/mol. The van der Waals surface area contributed by atoms with E-state index in [0.717, 1.165) is 60.8 Å². The van der Waals surface area contributed by atoms with Crippen molar-refractivity contribution in [1.82, 2.24) is 10.3 Å². The van der Waals surface area contributed by atoms with Gasteiger partial charge in [-0.1, -0.05) is 18.7 Å². The first-order valence-corrected chi connectivity index (χ1v) is 12.0. The van der Waals surface area contributed by atoms with Gasteiger partial charge in [-0.3, -0.25) is 4.79 Å². The number of carboxylic acids is 1. The summed E-state index contributed by atoms with van der Waals surface area (Å²) in [5.74, 6) is -0.0974. The minimum Gasteiger partial charge on any atom is -0.516 e. The number of hydrogen-bond acceptors (Lipinski definition) is 8. The Morgan fingerprint density at radius 3 is 2.78 bits per heavy atom. The number of pyridine rings is 1. The Labute approximate surface area is 211 Å². The van der Waals surface area contributed by atoms with Crippen molar-refractivity contribution in [3.63, 3.8) is 0 Å². The van der Waals surface area contributed by atoms with Crippen LogP contribution in [0.15, 0.2) is 66.7 Å². The van der Waals surface area contributed by atoms with Crippen LogP contribution in [0.2, 0.25) is 0 Å². The number of likely N-dealkylation sites (N-methyl/N-ethyl adjacent to an activating group) is 1. The molecule has 1 saturated heterocycles. The van der Waals surface area contributed by atoms with Crippen molar-refractivity contribution in [3.05, 3.63) is 77.9 Å². The molecule has 0 spiro atoms. The van der Waals surface area contributed by atoms with E-state index in [9.17, 15) is 4.79 Å². The number of nitrogens with one attached hydrogen (secondary N) is 2. The Morgan fingerprint density at radius 1 is 1.31 bits per heavy atom. The highest BCUT2D eigenvalue weighted by Crippen LogP contribution is 2.39. The lowest BCUT2D eigenvalue weighted by Crippen LogP contribution is -2.40. The van der Waals surface area contributed by atoms with Crippen molar-refractivity contribution in [2.24, 2.45) is 0 Å². The molecule has 5 rings (SSSR count). The monoisotopic (exact) mass is 491 g/mol. The predicted octanol–water partition coefficient (Wildman–Crippen LogP) is 3.60. The average Bonchev–Trinajstić information content (AvgIpc) is 2.85. The van der Waals surface area contributed by atoms with Gasteiger partial charge in [0, 0.05) is 37.6 Å². The maximum Gasteiger partial charge on any atom is 0.307 e. The molecule has 3 aliphatic rings. The molecule has 1 fully saturated rings. The fourth-order valence-electron chi connectivity index (χ4n) is 4.75. The van der Waals surface area contributed by atoms with Crippen molar-refractivity contribution in [2.75, 3.05) is 48.4 Å². The number of piperidine rings is 1. The van der Waals surface area contributed by atoms with E-state index in [1.165, 1.54) is 16.7 Å². The van der Waals surface area contributed by atoms with Gasteiger partial charge in [-0.25, -0.2) is 4.98 Å². The SMILES string of the molecule is C=CO.Cc1c(N2CCC3=CNC(Nc4ccc(CC(=O)O)cc4)C=C3C2)cnc2c1N(C)CCO2. The molecular formula is C27H33N5O4. The molecule has 9 nitrogen and oxygen atoms in total. The van der Waals surface area contributed by atoms with Gasteiger partial charge in [-0.2, -0.15) is 0 Å². The largest absolute Gasteiger partial charge is 0.516 e. The minimum absolute atomic E-state index is 0.0312. The molecule has 0 amide bonds. The molecule has 2 aromatic rings. The van der Waals surface area contributed by atoms with Crippen LogP contribution in [0.25, 0.3) is 0 Å². The van der Waals surface area contributed by atoms with Crippen LogP contribution in [0.5, 0.6) is 5.88 Å². The Hall–Kier alpha value is -4.14. The van der Waals surface area contributed by atoms with Gasteiger partial charge in [0.2, 0.25) is 5.88 Å². The summed E-state index contributed by atoms with van der Waals surface area (Å²) in [6, 6.07) is 7.54. The number of dihydropyridines is 1. The van der Waals surface area contributed by atoms with Crippen LogP contribution in [0.4, 0.5) is 17.1 Å². The second-order valence-electron chi connectivity index (χ2n) is 8.96. The van der Waals surface area contributed by atoms with Crippen molar-refractivity contribution in [3.8, 4) is 5.88 Å². The quantitative estimate of drug-likeness (QED) is 0.466. The molecule has 4 N–H and O–H groups in total. The number of aliphatic carboxylic acids is 1. The molecule has 0 saturated carbocycles. The summed E-state index contributed by atoms with van der Waals surface area (Å²) in [4.78, 5) is 20.1. The number of aliphatic hydroxyl groups excluding tert-OH is 1. The number of anilines is 3. The summed E-state index contributed by atoms with van der Waals surface area (Å²) < 4.78 is 5.76. The molecule has 0 radical (unpaired) electrons. The normalized spacial score (nSPS) is 18.1. The van der Waals surface area contributed by atoms with Crippen LogP contribution in [-0.4, -0.2) is 60.6 Å². The fraction of sp³-hybridized carbons (Fsp3) is 0.333. The third kappa shape index (κ3) is 5.56. The molecule has 3 aliphatic heterocycles. The maximum absolute atomic E-state index is 10.9. The Kier molecular flexibility index (Phi) is 7.68. The number of carbonyl (C=O) groups is 1. The average molecular weight is 492 g/mol. The molecule has 1 aromatic heterocycles. The van der Waals surface area contributed by atoms with Crippen LogP contribution in [-0.2, 0) is 11.2 Å². The Bertz CT molecular complexity index is 1180. The minimum atomic E-state index is -0.822. The van der Waals surface area contributed by atoms with Gasteiger partial charge in [0.1, 0.15) is 18.5 Å². The number of nitrogens with zero attached hydrogens (tertiary/aromatic N) is 3. The molecule has 0 bridgehead atoms. The van der Waals surface area contributed by atoms with Gasteiger partial charge in [0.05, 0.1) is 31.1 Å². The van der Waals surface area contributed by atoms with Gasteiger partial charge in [0.15, 0.2) is 0 Å². The van der Waals surface area contributed by atoms with E-state index >= 15 is 0 Å². The number of ether oxygens (including phenoxy) is 1. The first-order chi connectivity index (χ1) is 17.4. The zero-order valence-electron chi connectivity index (χ0n) is 20.7. The van der Waals surface area contributed by atoms with Gasteiger partial charge in [-0.15, -0.1) is 0 Å². The lowest BCUT2D eigenvalue weighted by atomic mass is 9.94. The van der Waals surface area contributed by atoms with E-state index < -0.39 is 5.97 Å². The summed E-state index contributed by atoms with van der Waals surface area (Å²) in [5.41, 5.74) is 7.83. The van der Waals surface area contributed by atoms with Gasteiger partial charge >= 0.3 is 5.97 Å². The van der Waals surface area contributed by atoms with Crippen LogP contribution in [0, 0.1) is 6.92 Å². The van der Waals surface area contributed by atoms with Crippen molar-refractivity contribution >= 4 is 23.0 Å². The number of aromatic nitrogens is 1. The predicted molar refractivity (Wildman–Crippen MR) is 142 cm³/mol. The topological polar surface area (TPSA) is 110 Å². The van der Waals surface area contributed by atoms with Gasteiger partial charge in [0.25, 0.3) is 0 Å². The lowest BCUT2D eigenvalue weighted by molar-refractivity contribution is -0.136. The van der Waals surface area contributed by atoms with Crippen LogP contribution in [0.1, 0.15) is 17.5 Å². The first kappa shape index (κ1) is 25.0. The van der Waals surface area contributed by atoms with E-state index in [4.69, 9.17) is 14.9 Å². The number of fused-ring (bicyclic) bond motifs is 2. The van der Waals surface area contributed by atoms with E-state index in [1.54, 1.807) is 0 Å². The summed E-state index contributed by atoms with van der Waals surface area (Å²) in [6.45, 7) is 8.38. The van der Waals surface area contributed by atoms with E-state index in [1.807, 2.05) is 30.5 Å². The lowest BCUT2D eigenvalue weighted by Gasteiger charge is -2.37. The fourth-order valence-corrected chi connectivity index (χ4v) is 4.75. The zero-order chi connectivity index (χ0) is 25.7. The van der Waals surface area contributed by atoms with Gasteiger partial charge < -0.3 is 35.4 Å². The number of hydrogen-bond donors (Lipinski definition) is 4. The highest BCUT2D eigenvalue weighted by molar-refractivity contribution is 5.72. The van der Waals surface area contributed by atoms with Crippen molar-refractivity contribution in [2.45, 2.75) is 25.9 Å². The Morgan fingerprint density at radius 2 is 2.06 bits per heavy atom. The highest BCUT2D eigenvalue weighted by atomic mass is 16.5. The summed E-state index contributed by atoms with van der Waals surface area (Å²) >= 11 is 0. The van der Waals surface area contributed by atoms with Gasteiger partial charge in [-0.05, 0) is 48.3 Å². The molecule has 9 heteroatoms. The Balaban J connectivity index is 0.000000967. The van der Waals surface area contributed by atoms with Crippen LogP contribution in [0.3, 0.4) is 0 Å². The molecule has 1 atom stereocenters. The smallest absolute Gasteiger partial charge is 0.307 e. The van der Waals surface area contributed by atoms with E-state index in [-0.39, 0.29) is 12.6 Å². The molecule has 190 valence electrons. The summed E-state index contributed by atoms with van der Waals surface area (Å²) in [5, 5.41) is 23.2. The maximum atomic E-state index is 10.9. The number of carboxylic acid groups (broad SMARTS) is 1. The standard InChI is InChI=1S/C25H29N5O3.C2H4O/c1-16-21(14-27-25-24(16)29(2)9-10-33-25)30-8-7-18-13-26-22(12-19(18)15-30)28-20-5-3-17(4-6-20)11-23(31)32;1-2-3/h3-6,12-14,22,26,28H,7-11,15H2,1-2H3,(H,31,32);2-3H,1H2. The highest BCUT2D eigenvalue weighted by Gasteiger charge is 2.27. The second-order valence-corrected chi connectivity index (χ2v) is 8.96. The van der Waals surface area contributed by atoms with Crippen LogP contribution < -0.4 is 25.2 Å². The van der Waals surface area contributed by atoms with Crippen molar-refractivity contribution < 1.29 is 19.7 Å². The van der Waals surface area contributed by atoms with E-state index in [2.05, 4.69) is 58.2 Å². The summed E-state index contributed by atoms with van der Waals surface area (Å²) in [6.07, 6.45) is 8.02. The molecule has 0 aliphatic carbocycles. The third-order valence-electron chi connectivity index (χ3n) is 6.50.